The molecule has 0 spiro atoms. The number of benzene rings is 2. The number of aliphatic hydroxyl groups is 1. The molecule has 110 valence electrons. The summed E-state index contributed by atoms with van der Waals surface area (Å²) in [6, 6.07) is 16.6. The van der Waals surface area contributed by atoms with Crippen LogP contribution in [0.15, 0.2) is 54.6 Å². The maximum absolute atomic E-state index is 12.1. The second-order valence-corrected chi connectivity index (χ2v) is 5.30. The van der Waals surface area contributed by atoms with Crippen molar-refractivity contribution in [2.75, 3.05) is 11.9 Å². The number of hydrogen-bond donors (Lipinski definition) is 3. The minimum atomic E-state index is -0.824. The zero-order valence-corrected chi connectivity index (χ0v) is 12.3. The topological polar surface area (TPSA) is 61.4 Å². The molecule has 0 fully saturated rings. The molecule has 0 aromatic heterocycles. The Morgan fingerprint density at radius 3 is 2.48 bits per heavy atom. The van der Waals surface area contributed by atoms with E-state index in [0.717, 1.165) is 16.8 Å². The predicted octanol–water partition coefficient (Wildman–Crippen LogP) is 3.02. The van der Waals surface area contributed by atoms with Crippen LogP contribution in [-0.2, 0) is 5.54 Å². The third kappa shape index (κ3) is 3.83. The minimum absolute atomic E-state index is 0.182. The summed E-state index contributed by atoms with van der Waals surface area (Å²) >= 11 is 0. The summed E-state index contributed by atoms with van der Waals surface area (Å²) in [6.07, 6.45) is 0. The summed E-state index contributed by atoms with van der Waals surface area (Å²) in [5.41, 5.74) is 1.82. The molecule has 4 nitrogen and oxygen atoms in total. The Morgan fingerprint density at radius 2 is 1.86 bits per heavy atom. The van der Waals surface area contributed by atoms with E-state index in [2.05, 4.69) is 10.6 Å². The molecule has 2 amide bonds. The molecular formula is C17H20N2O2. The van der Waals surface area contributed by atoms with Gasteiger partial charge in [-0.05, 0) is 37.1 Å². The number of aliphatic hydroxyl groups excluding tert-OH is 1. The highest BCUT2D eigenvalue weighted by atomic mass is 16.3. The highest BCUT2D eigenvalue weighted by molar-refractivity contribution is 5.89. The number of rotatable bonds is 4. The quantitative estimate of drug-likeness (QED) is 0.808. The molecule has 0 aliphatic carbocycles. The lowest BCUT2D eigenvalue weighted by Gasteiger charge is -2.29. The molecule has 2 rings (SSSR count). The Bertz CT molecular complexity index is 613. The number of anilines is 1. The van der Waals surface area contributed by atoms with E-state index in [9.17, 15) is 9.90 Å². The van der Waals surface area contributed by atoms with E-state index in [1.165, 1.54) is 0 Å². The monoisotopic (exact) mass is 284 g/mol. The van der Waals surface area contributed by atoms with Gasteiger partial charge in [0.25, 0.3) is 0 Å². The van der Waals surface area contributed by atoms with Crippen LogP contribution < -0.4 is 10.6 Å². The molecular weight excluding hydrogens is 264 g/mol. The van der Waals surface area contributed by atoms with E-state index in [1.807, 2.05) is 61.5 Å². The van der Waals surface area contributed by atoms with Gasteiger partial charge in [-0.1, -0.05) is 42.5 Å². The van der Waals surface area contributed by atoms with Crippen LogP contribution in [0.4, 0.5) is 10.5 Å². The molecule has 0 bridgehead atoms. The summed E-state index contributed by atoms with van der Waals surface area (Å²) in [4.78, 5) is 12.1. The lowest BCUT2D eigenvalue weighted by molar-refractivity contribution is 0.176. The molecule has 2 aromatic rings. The smallest absolute Gasteiger partial charge is 0.320 e. The van der Waals surface area contributed by atoms with Crippen molar-refractivity contribution in [1.82, 2.24) is 5.32 Å². The number of nitrogens with one attached hydrogen (secondary N) is 2. The molecule has 0 heterocycles. The number of hydrogen-bond acceptors (Lipinski definition) is 2. The maximum atomic E-state index is 12.1. The lowest BCUT2D eigenvalue weighted by Crippen LogP contribution is -2.48. The first kappa shape index (κ1) is 15.1. The van der Waals surface area contributed by atoms with Crippen molar-refractivity contribution in [1.29, 1.82) is 0 Å². The Labute approximate surface area is 124 Å². The van der Waals surface area contributed by atoms with Crippen LogP contribution in [0.2, 0.25) is 0 Å². The number of aryl methyl sites for hydroxylation is 1. The van der Waals surface area contributed by atoms with Crippen molar-refractivity contribution in [2.24, 2.45) is 0 Å². The standard InChI is InChI=1S/C17H20N2O2/c1-13-7-6-10-15(11-13)18-16(21)19-17(2,12-20)14-8-4-3-5-9-14/h3-11,20H,12H2,1-2H3,(H2,18,19,21). The van der Waals surface area contributed by atoms with Crippen LogP contribution in [0.25, 0.3) is 0 Å². The molecule has 2 aromatic carbocycles. The minimum Gasteiger partial charge on any atom is -0.394 e. The lowest BCUT2D eigenvalue weighted by atomic mass is 9.93. The fraction of sp³-hybridized carbons (Fsp3) is 0.235. The molecule has 21 heavy (non-hydrogen) atoms. The molecule has 1 atom stereocenters. The molecule has 4 heteroatoms. The summed E-state index contributed by atoms with van der Waals surface area (Å²) in [6.45, 7) is 3.57. The van der Waals surface area contributed by atoms with Gasteiger partial charge >= 0.3 is 6.03 Å². The van der Waals surface area contributed by atoms with Gasteiger partial charge in [0.1, 0.15) is 0 Å². The van der Waals surface area contributed by atoms with Gasteiger partial charge in [0, 0.05) is 5.69 Å². The van der Waals surface area contributed by atoms with Crippen LogP contribution in [0, 0.1) is 6.92 Å². The van der Waals surface area contributed by atoms with Gasteiger partial charge in [-0.2, -0.15) is 0 Å². The van der Waals surface area contributed by atoms with Crippen LogP contribution in [0.1, 0.15) is 18.1 Å². The van der Waals surface area contributed by atoms with E-state index in [0.29, 0.717) is 0 Å². The Kier molecular flexibility index (Phi) is 4.60. The van der Waals surface area contributed by atoms with Gasteiger partial charge in [0.05, 0.1) is 12.1 Å². The van der Waals surface area contributed by atoms with Gasteiger partial charge < -0.3 is 15.7 Å². The molecule has 0 saturated heterocycles. The van der Waals surface area contributed by atoms with Crippen LogP contribution in [0.5, 0.6) is 0 Å². The zero-order chi connectivity index (χ0) is 15.3. The van der Waals surface area contributed by atoms with Crippen molar-refractivity contribution in [2.45, 2.75) is 19.4 Å². The van der Waals surface area contributed by atoms with Crippen molar-refractivity contribution >= 4 is 11.7 Å². The summed E-state index contributed by atoms with van der Waals surface area (Å²) in [5.74, 6) is 0. The Balaban J connectivity index is 2.10. The summed E-state index contributed by atoms with van der Waals surface area (Å²) in [7, 11) is 0. The second-order valence-electron chi connectivity index (χ2n) is 5.30. The molecule has 1 unspecified atom stereocenters. The first-order chi connectivity index (χ1) is 10.0. The largest absolute Gasteiger partial charge is 0.394 e. The highest BCUT2D eigenvalue weighted by Crippen LogP contribution is 2.20. The molecule has 3 N–H and O–H groups in total. The first-order valence-corrected chi connectivity index (χ1v) is 6.86. The van der Waals surface area contributed by atoms with Crippen LogP contribution in [0.3, 0.4) is 0 Å². The summed E-state index contributed by atoms with van der Waals surface area (Å²) in [5, 5.41) is 15.3. The van der Waals surface area contributed by atoms with Crippen molar-refractivity contribution < 1.29 is 9.90 Å². The van der Waals surface area contributed by atoms with Gasteiger partial charge in [-0.15, -0.1) is 0 Å². The summed E-state index contributed by atoms with van der Waals surface area (Å²) < 4.78 is 0. The SMILES string of the molecule is Cc1cccc(NC(=O)NC(C)(CO)c2ccccc2)c1. The highest BCUT2D eigenvalue weighted by Gasteiger charge is 2.27. The molecule has 0 aliphatic heterocycles. The van der Waals surface area contributed by atoms with E-state index in [4.69, 9.17) is 0 Å². The van der Waals surface area contributed by atoms with Crippen molar-refractivity contribution in [3.8, 4) is 0 Å². The average molecular weight is 284 g/mol. The third-order valence-corrected chi connectivity index (χ3v) is 3.39. The van der Waals surface area contributed by atoms with Gasteiger partial charge in [-0.3, -0.25) is 0 Å². The fourth-order valence-electron chi connectivity index (χ4n) is 2.14. The van der Waals surface area contributed by atoms with Crippen LogP contribution in [-0.4, -0.2) is 17.7 Å². The van der Waals surface area contributed by atoms with E-state index < -0.39 is 5.54 Å². The van der Waals surface area contributed by atoms with E-state index in [-0.39, 0.29) is 12.6 Å². The molecule has 0 radical (unpaired) electrons. The average Bonchev–Trinajstić information content (AvgIpc) is 2.48. The van der Waals surface area contributed by atoms with Gasteiger partial charge in [0.2, 0.25) is 0 Å². The first-order valence-electron chi connectivity index (χ1n) is 6.86. The number of urea groups is 1. The zero-order valence-electron chi connectivity index (χ0n) is 12.3. The Morgan fingerprint density at radius 1 is 1.14 bits per heavy atom. The van der Waals surface area contributed by atoms with Gasteiger partial charge in [-0.25, -0.2) is 4.79 Å². The number of carbonyl (C=O) groups excluding carboxylic acids is 1. The number of amides is 2. The molecule has 0 saturated carbocycles. The van der Waals surface area contributed by atoms with E-state index >= 15 is 0 Å². The van der Waals surface area contributed by atoms with Crippen molar-refractivity contribution in [3.05, 3.63) is 65.7 Å². The van der Waals surface area contributed by atoms with Crippen molar-refractivity contribution in [3.63, 3.8) is 0 Å². The fourth-order valence-corrected chi connectivity index (χ4v) is 2.14. The number of carbonyl (C=O) groups is 1. The normalized spacial score (nSPS) is 13.3. The second kappa shape index (κ2) is 6.41. The Hall–Kier alpha value is -2.33. The van der Waals surface area contributed by atoms with Crippen LogP contribution >= 0.6 is 0 Å². The van der Waals surface area contributed by atoms with E-state index in [1.54, 1.807) is 6.92 Å². The maximum Gasteiger partial charge on any atom is 0.320 e. The predicted molar refractivity (Wildman–Crippen MR) is 84.2 cm³/mol. The molecule has 0 aliphatic rings. The van der Waals surface area contributed by atoms with Gasteiger partial charge in [0.15, 0.2) is 0 Å². The third-order valence-electron chi connectivity index (χ3n) is 3.39.